The summed E-state index contributed by atoms with van der Waals surface area (Å²) in [5.41, 5.74) is 3.29. The van der Waals surface area contributed by atoms with Crippen LogP contribution in [0.2, 0.25) is 5.02 Å². The molecule has 2 aromatic carbocycles. The van der Waals surface area contributed by atoms with Gasteiger partial charge in [-0.1, -0.05) is 41.4 Å². The summed E-state index contributed by atoms with van der Waals surface area (Å²) in [7, 11) is 0. The lowest BCUT2D eigenvalue weighted by molar-refractivity contribution is 0.0713. The zero-order valence-electron chi connectivity index (χ0n) is 12.8. The Bertz CT molecular complexity index is 640. The summed E-state index contributed by atoms with van der Waals surface area (Å²) in [4.78, 5) is 14.5. The number of piperidine rings is 1. The summed E-state index contributed by atoms with van der Waals surface area (Å²) in [5, 5.41) is 0.774. The lowest BCUT2D eigenvalue weighted by atomic mass is 9.89. The Morgan fingerprint density at radius 1 is 1.00 bits per heavy atom. The van der Waals surface area contributed by atoms with Gasteiger partial charge in [-0.3, -0.25) is 4.79 Å². The average molecular weight is 314 g/mol. The van der Waals surface area contributed by atoms with Crippen molar-refractivity contribution in [2.75, 3.05) is 13.1 Å². The van der Waals surface area contributed by atoms with Gasteiger partial charge in [-0.15, -0.1) is 0 Å². The minimum absolute atomic E-state index is 0.148. The highest BCUT2D eigenvalue weighted by atomic mass is 35.5. The van der Waals surface area contributed by atoms with Crippen molar-refractivity contribution in [1.29, 1.82) is 0 Å². The summed E-state index contributed by atoms with van der Waals surface area (Å²) < 4.78 is 0. The summed E-state index contributed by atoms with van der Waals surface area (Å²) in [6, 6.07) is 15.9. The first-order chi connectivity index (χ1) is 10.6. The molecular weight excluding hydrogens is 294 g/mol. The average Bonchev–Trinajstić information content (AvgIpc) is 2.56. The zero-order valence-corrected chi connectivity index (χ0v) is 13.5. The fourth-order valence-corrected chi connectivity index (χ4v) is 3.16. The van der Waals surface area contributed by atoms with Crippen molar-refractivity contribution < 1.29 is 4.79 Å². The number of carbonyl (C=O) groups excluding carboxylic acids is 1. The van der Waals surface area contributed by atoms with Gasteiger partial charge in [0.1, 0.15) is 0 Å². The molecule has 0 N–H and O–H groups in total. The third kappa shape index (κ3) is 3.33. The van der Waals surface area contributed by atoms with Gasteiger partial charge in [-0.2, -0.15) is 0 Å². The third-order valence-corrected chi connectivity index (χ3v) is 4.67. The molecule has 3 heteroatoms. The number of aryl methyl sites for hydroxylation is 1. The molecule has 1 aliphatic rings. The van der Waals surface area contributed by atoms with E-state index in [1.165, 1.54) is 11.1 Å². The molecule has 1 fully saturated rings. The number of hydrogen-bond acceptors (Lipinski definition) is 1. The second kappa shape index (κ2) is 6.53. The highest BCUT2D eigenvalue weighted by Crippen LogP contribution is 2.29. The maximum atomic E-state index is 12.5. The fraction of sp³-hybridized carbons (Fsp3) is 0.316. The number of benzene rings is 2. The minimum atomic E-state index is 0.148. The Morgan fingerprint density at radius 2 is 1.59 bits per heavy atom. The molecule has 3 rings (SSSR count). The Balaban J connectivity index is 1.62. The summed E-state index contributed by atoms with van der Waals surface area (Å²) in [5.74, 6) is 0.675. The van der Waals surface area contributed by atoms with Gasteiger partial charge in [0.2, 0.25) is 0 Å². The van der Waals surface area contributed by atoms with Crippen molar-refractivity contribution in [3.8, 4) is 0 Å². The van der Waals surface area contributed by atoms with E-state index in [9.17, 15) is 4.79 Å². The molecule has 0 spiro atoms. The summed E-state index contributed by atoms with van der Waals surface area (Å²) >= 11 is 5.94. The standard InChI is InChI=1S/C19H20ClNO/c1-14-2-4-17(5-3-14)19(22)21-12-10-16(11-13-21)15-6-8-18(20)9-7-15/h2-9,16H,10-13H2,1H3. The first kappa shape index (κ1) is 15.1. The van der Waals surface area contributed by atoms with E-state index in [0.717, 1.165) is 36.5 Å². The van der Waals surface area contributed by atoms with Crippen LogP contribution in [0, 0.1) is 6.92 Å². The van der Waals surface area contributed by atoms with Gasteiger partial charge < -0.3 is 4.90 Å². The van der Waals surface area contributed by atoms with Crippen LogP contribution in [-0.2, 0) is 0 Å². The maximum Gasteiger partial charge on any atom is 0.253 e. The zero-order chi connectivity index (χ0) is 15.5. The van der Waals surface area contributed by atoms with E-state index < -0.39 is 0 Å². The van der Waals surface area contributed by atoms with Gasteiger partial charge in [-0.25, -0.2) is 0 Å². The highest BCUT2D eigenvalue weighted by Gasteiger charge is 2.24. The van der Waals surface area contributed by atoms with Crippen LogP contribution in [-0.4, -0.2) is 23.9 Å². The van der Waals surface area contributed by atoms with E-state index in [1.54, 1.807) is 0 Å². The lowest BCUT2D eigenvalue weighted by Gasteiger charge is -2.32. The van der Waals surface area contributed by atoms with Gasteiger partial charge in [0.25, 0.3) is 5.91 Å². The first-order valence-corrected chi connectivity index (χ1v) is 8.13. The molecule has 2 aromatic rings. The molecule has 1 aliphatic heterocycles. The van der Waals surface area contributed by atoms with Crippen molar-refractivity contribution >= 4 is 17.5 Å². The van der Waals surface area contributed by atoms with E-state index in [0.29, 0.717) is 5.92 Å². The van der Waals surface area contributed by atoms with E-state index >= 15 is 0 Å². The largest absolute Gasteiger partial charge is 0.339 e. The molecule has 0 atom stereocenters. The Labute approximate surface area is 136 Å². The first-order valence-electron chi connectivity index (χ1n) is 7.75. The molecular formula is C19H20ClNO. The number of amides is 1. The molecule has 1 amide bonds. The minimum Gasteiger partial charge on any atom is -0.339 e. The molecule has 0 bridgehead atoms. The van der Waals surface area contributed by atoms with Crippen LogP contribution in [0.1, 0.15) is 40.2 Å². The predicted molar refractivity (Wildman–Crippen MR) is 90.5 cm³/mol. The number of halogens is 1. The molecule has 1 heterocycles. The van der Waals surface area contributed by atoms with Crippen LogP contribution in [0.25, 0.3) is 0 Å². The molecule has 0 aromatic heterocycles. The van der Waals surface area contributed by atoms with Crippen LogP contribution in [0.3, 0.4) is 0 Å². The number of hydrogen-bond donors (Lipinski definition) is 0. The van der Waals surface area contributed by atoms with Gasteiger partial charge in [-0.05, 0) is 55.5 Å². The molecule has 0 aliphatic carbocycles. The van der Waals surface area contributed by atoms with Crippen molar-refractivity contribution in [3.05, 3.63) is 70.2 Å². The Hall–Kier alpha value is -1.80. The Morgan fingerprint density at radius 3 is 2.18 bits per heavy atom. The second-order valence-corrected chi connectivity index (χ2v) is 6.42. The van der Waals surface area contributed by atoms with Gasteiger partial charge >= 0.3 is 0 Å². The van der Waals surface area contributed by atoms with Crippen LogP contribution in [0.15, 0.2) is 48.5 Å². The normalized spacial score (nSPS) is 15.8. The van der Waals surface area contributed by atoms with Crippen LogP contribution < -0.4 is 0 Å². The molecule has 114 valence electrons. The number of carbonyl (C=O) groups is 1. The fourth-order valence-electron chi connectivity index (χ4n) is 3.03. The van der Waals surface area contributed by atoms with Crippen LogP contribution in [0.5, 0.6) is 0 Å². The quantitative estimate of drug-likeness (QED) is 0.789. The van der Waals surface area contributed by atoms with Crippen molar-refractivity contribution in [1.82, 2.24) is 4.90 Å². The molecule has 2 nitrogen and oxygen atoms in total. The third-order valence-electron chi connectivity index (χ3n) is 4.42. The summed E-state index contributed by atoms with van der Waals surface area (Å²) in [6.45, 7) is 3.67. The highest BCUT2D eigenvalue weighted by molar-refractivity contribution is 6.30. The monoisotopic (exact) mass is 313 g/mol. The molecule has 22 heavy (non-hydrogen) atoms. The lowest BCUT2D eigenvalue weighted by Crippen LogP contribution is -2.37. The van der Waals surface area contributed by atoms with Crippen LogP contribution >= 0.6 is 11.6 Å². The van der Waals surface area contributed by atoms with Crippen molar-refractivity contribution in [2.45, 2.75) is 25.7 Å². The van der Waals surface area contributed by atoms with E-state index in [4.69, 9.17) is 11.6 Å². The molecule has 0 saturated carbocycles. The van der Waals surface area contributed by atoms with Crippen molar-refractivity contribution in [3.63, 3.8) is 0 Å². The van der Waals surface area contributed by atoms with E-state index in [2.05, 4.69) is 12.1 Å². The number of likely N-dealkylation sites (tertiary alicyclic amines) is 1. The van der Waals surface area contributed by atoms with Gasteiger partial charge in [0, 0.05) is 23.7 Å². The number of nitrogens with zero attached hydrogens (tertiary/aromatic N) is 1. The predicted octanol–water partition coefficient (Wildman–Crippen LogP) is 4.67. The SMILES string of the molecule is Cc1ccc(C(=O)N2CCC(c3ccc(Cl)cc3)CC2)cc1. The Kier molecular flexibility index (Phi) is 4.49. The molecule has 0 unspecified atom stereocenters. The second-order valence-electron chi connectivity index (χ2n) is 5.98. The molecule has 1 saturated heterocycles. The van der Waals surface area contributed by atoms with Crippen LogP contribution in [0.4, 0.5) is 0 Å². The topological polar surface area (TPSA) is 20.3 Å². The maximum absolute atomic E-state index is 12.5. The van der Waals surface area contributed by atoms with Crippen molar-refractivity contribution in [2.24, 2.45) is 0 Å². The van der Waals surface area contributed by atoms with E-state index in [1.807, 2.05) is 48.2 Å². The molecule has 0 radical (unpaired) electrons. The van der Waals surface area contributed by atoms with Gasteiger partial charge in [0.15, 0.2) is 0 Å². The summed E-state index contributed by atoms with van der Waals surface area (Å²) in [6.07, 6.45) is 2.03. The van der Waals surface area contributed by atoms with E-state index in [-0.39, 0.29) is 5.91 Å². The smallest absolute Gasteiger partial charge is 0.253 e. The number of rotatable bonds is 2. The van der Waals surface area contributed by atoms with Gasteiger partial charge in [0.05, 0.1) is 0 Å².